The second-order valence-corrected chi connectivity index (χ2v) is 8.04. The van der Waals surface area contributed by atoms with E-state index >= 15 is 0 Å². The molecular formula is C25H21N3O5. The van der Waals surface area contributed by atoms with Crippen molar-refractivity contribution in [2.45, 2.75) is 25.5 Å². The van der Waals surface area contributed by atoms with Crippen molar-refractivity contribution < 1.29 is 19.3 Å². The zero-order chi connectivity index (χ0) is 23.1. The molecule has 166 valence electrons. The molecule has 3 atom stereocenters. The van der Waals surface area contributed by atoms with Gasteiger partial charge in [-0.3, -0.25) is 24.5 Å². The van der Waals surface area contributed by atoms with Gasteiger partial charge in [-0.2, -0.15) is 0 Å². The number of carbonyl (C=O) groups is 2. The maximum Gasteiger partial charge on any atom is 0.269 e. The Bertz CT molecular complexity index is 1230. The van der Waals surface area contributed by atoms with E-state index in [-0.39, 0.29) is 11.6 Å². The summed E-state index contributed by atoms with van der Waals surface area (Å²) in [5.74, 6) is -1.67. The summed E-state index contributed by atoms with van der Waals surface area (Å²) in [4.78, 5) is 45.1. The number of rotatable bonds is 5. The largest absolute Gasteiger partial charge is 0.273 e. The Morgan fingerprint density at radius 1 is 0.909 bits per heavy atom. The van der Waals surface area contributed by atoms with Gasteiger partial charge >= 0.3 is 0 Å². The number of para-hydroxylation sites is 1. The summed E-state index contributed by atoms with van der Waals surface area (Å²) in [6, 6.07) is 21.8. The molecule has 8 heteroatoms. The van der Waals surface area contributed by atoms with Crippen molar-refractivity contribution >= 4 is 28.9 Å². The van der Waals surface area contributed by atoms with Crippen LogP contribution in [0.3, 0.4) is 0 Å². The number of carbonyl (C=O) groups excluding carboxylic acids is 2. The molecule has 3 aromatic rings. The molecule has 2 aliphatic heterocycles. The second-order valence-electron chi connectivity index (χ2n) is 8.04. The number of fused-ring (bicyclic) bond motifs is 1. The number of hydrogen-bond acceptors (Lipinski definition) is 6. The number of aryl methyl sites for hydroxylation is 1. The molecule has 5 rings (SSSR count). The van der Waals surface area contributed by atoms with E-state index < -0.39 is 28.9 Å². The zero-order valence-electron chi connectivity index (χ0n) is 17.8. The summed E-state index contributed by atoms with van der Waals surface area (Å²) in [5, 5.41) is 12.9. The Morgan fingerprint density at radius 3 is 2.30 bits per heavy atom. The second kappa shape index (κ2) is 8.14. The average molecular weight is 443 g/mol. The minimum absolute atomic E-state index is 0.0901. The van der Waals surface area contributed by atoms with Gasteiger partial charge in [-0.25, -0.2) is 9.96 Å². The van der Waals surface area contributed by atoms with E-state index in [0.29, 0.717) is 16.9 Å². The van der Waals surface area contributed by atoms with Crippen LogP contribution in [0.4, 0.5) is 17.1 Å². The van der Waals surface area contributed by atoms with Gasteiger partial charge in [0.25, 0.3) is 11.6 Å². The summed E-state index contributed by atoms with van der Waals surface area (Å²) >= 11 is 0. The molecule has 33 heavy (non-hydrogen) atoms. The predicted octanol–water partition coefficient (Wildman–Crippen LogP) is 4.21. The van der Waals surface area contributed by atoms with Crippen LogP contribution >= 0.6 is 0 Å². The van der Waals surface area contributed by atoms with Crippen molar-refractivity contribution in [2.75, 3.05) is 9.96 Å². The van der Waals surface area contributed by atoms with Crippen molar-refractivity contribution in [3.05, 3.63) is 100 Å². The molecule has 0 bridgehead atoms. The Balaban J connectivity index is 1.58. The van der Waals surface area contributed by atoms with Gasteiger partial charge < -0.3 is 0 Å². The quantitative estimate of drug-likeness (QED) is 0.333. The van der Waals surface area contributed by atoms with Gasteiger partial charge in [0, 0.05) is 12.1 Å². The summed E-state index contributed by atoms with van der Waals surface area (Å²) in [5.41, 5.74) is 2.68. The van der Waals surface area contributed by atoms with Crippen molar-refractivity contribution in [2.24, 2.45) is 5.92 Å². The zero-order valence-corrected chi connectivity index (χ0v) is 17.8. The standard InChI is InChI=1S/C25H21N3O5/c1-2-16-11-13-18(14-12-16)26-24(29)21-22(17-7-6-10-20(15-17)28(31)32)27(33-23(21)25(26)30)19-8-4-3-5-9-19/h3-15,21-23H,2H2,1H3/t21-,22+,23-/m1/s1. The van der Waals surface area contributed by atoms with Crippen LogP contribution in [0.5, 0.6) is 0 Å². The Hall–Kier alpha value is -4.04. The molecule has 2 amide bonds. The van der Waals surface area contributed by atoms with Gasteiger partial charge in [0.2, 0.25) is 5.91 Å². The van der Waals surface area contributed by atoms with Gasteiger partial charge in [0.15, 0.2) is 6.10 Å². The van der Waals surface area contributed by atoms with Crippen LogP contribution in [-0.2, 0) is 20.8 Å². The van der Waals surface area contributed by atoms with E-state index in [1.165, 1.54) is 22.1 Å². The Morgan fingerprint density at radius 2 is 1.64 bits per heavy atom. The van der Waals surface area contributed by atoms with Crippen molar-refractivity contribution in [1.82, 2.24) is 0 Å². The first-order valence-electron chi connectivity index (χ1n) is 10.7. The van der Waals surface area contributed by atoms with E-state index in [1.54, 1.807) is 24.3 Å². The van der Waals surface area contributed by atoms with E-state index in [9.17, 15) is 19.7 Å². The van der Waals surface area contributed by atoms with Gasteiger partial charge in [0.1, 0.15) is 5.92 Å². The summed E-state index contributed by atoms with van der Waals surface area (Å²) in [6.45, 7) is 2.03. The van der Waals surface area contributed by atoms with Crippen molar-refractivity contribution in [3.63, 3.8) is 0 Å². The third-order valence-corrected chi connectivity index (χ3v) is 6.15. The van der Waals surface area contributed by atoms with Crippen LogP contribution in [0.2, 0.25) is 0 Å². The van der Waals surface area contributed by atoms with Gasteiger partial charge in [0.05, 0.1) is 22.3 Å². The molecule has 2 fully saturated rings. The third-order valence-electron chi connectivity index (χ3n) is 6.15. The number of benzene rings is 3. The van der Waals surface area contributed by atoms with Gasteiger partial charge in [-0.1, -0.05) is 49.4 Å². The highest BCUT2D eigenvalue weighted by Crippen LogP contribution is 2.47. The molecule has 0 unspecified atom stereocenters. The van der Waals surface area contributed by atoms with Crippen LogP contribution in [0.25, 0.3) is 0 Å². The number of hydroxylamine groups is 1. The molecular weight excluding hydrogens is 422 g/mol. The Kier molecular flexibility index (Phi) is 5.14. The molecule has 0 spiro atoms. The topological polar surface area (TPSA) is 93.0 Å². The molecule has 2 heterocycles. The van der Waals surface area contributed by atoms with Crippen LogP contribution < -0.4 is 9.96 Å². The predicted molar refractivity (Wildman–Crippen MR) is 121 cm³/mol. The maximum atomic E-state index is 13.6. The minimum Gasteiger partial charge on any atom is -0.273 e. The number of nitro benzene ring substituents is 1. The van der Waals surface area contributed by atoms with Crippen LogP contribution in [0.15, 0.2) is 78.9 Å². The number of hydrogen-bond donors (Lipinski definition) is 0. The average Bonchev–Trinajstić information content (AvgIpc) is 3.36. The first-order valence-corrected chi connectivity index (χ1v) is 10.7. The minimum atomic E-state index is -1.02. The molecule has 0 radical (unpaired) electrons. The lowest BCUT2D eigenvalue weighted by Gasteiger charge is -2.28. The highest BCUT2D eigenvalue weighted by molar-refractivity contribution is 6.23. The van der Waals surface area contributed by atoms with Crippen molar-refractivity contribution in [1.29, 1.82) is 0 Å². The first-order chi connectivity index (χ1) is 16.0. The highest BCUT2D eigenvalue weighted by atomic mass is 16.7. The van der Waals surface area contributed by atoms with Crippen LogP contribution in [0.1, 0.15) is 24.1 Å². The fraction of sp³-hybridized carbons (Fsp3) is 0.200. The third kappa shape index (κ3) is 3.44. The van der Waals surface area contributed by atoms with Crippen LogP contribution in [-0.4, -0.2) is 22.8 Å². The number of amides is 2. The lowest BCUT2D eigenvalue weighted by molar-refractivity contribution is -0.384. The van der Waals surface area contributed by atoms with Gasteiger partial charge in [-0.15, -0.1) is 0 Å². The number of non-ortho nitro benzene ring substituents is 1. The number of nitrogens with zero attached hydrogens (tertiary/aromatic N) is 3. The Labute approximate surface area is 190 Å². The van der Waals surface area contributed by atoms with Crippen molar-refractivity contribution in [3.8, 4) is 0 Å². The number of nitro groups is 1. The molecule has 0 N–H and O–H groups in total. The molecule has 0 aliphatic carbocycles. The molecule has 0 aromatic heterocycles. The van der Waals surface area contributed by atoms with Crippen LogP contribution in [0, 0.1) is 16.0 Å². The first kappa shape index (κ1) is 20.8. The smallest absolute Gasteiger partial charge is 0.269 e. The van der Waals surface area contributed by atoms with E-state index in [2.05, 4.69) is 0 Å². The summed E-state index contributed by atoms with van der Waals surface area (Å²) in [6.07, 6.45) is -0.176. The monoisotopic (exact) mass is 443 g/mol. The number of anilines is 2. The molecule has 2 saturated heterocycles. The molecule has 2 aliphatic rings. The lowest BCUT2D eigenvalue weighted by atomic mass is 9.90. The lowest BCUT2D eigenvalue weighted by Crippen LogP contribution is -2.37. The fourth-order valence-corrected chi connectivity index (χ4v) is 4.51. The molecule has 3 aromatic carbocycles. The highest BCUT2D eigenvalue weighted by Gasteiger charge is 2.60. The van der Waals surface area contributed by atoms with E-state index in [4.69, 9.17) is 4.84 Å². The fourth-order valence-electron chi connectivity index (χ4n) is 4.51. The normalized spacial score (nSPS) is 22.0. The SMILES string of the molecule is CCc1ccc(N2C(=O)[C@H]3[C@@H](ON(c4ccccc4)[C@H]3c3cccc([N+](=O)[O-])c3)C2=O)cc1. The van der Waals surface area contributed by atoms with Gasteiger partial charge in [-0.05, 0) is 41.8 Å². The number of imide groups is 1. The van der Waals surface area contributed by atoms with E-state index in [1.807, 2.05) is 49.4 Å². The molecule has 8 nitrogen and oxygen atoms in total. The summed E-state index contributed by atoms with van der Waals surface area (Å²) in [7, 11) is 0. The summed E-state index contributed by atoms with van der Waals surface area (Å²) < 4.78 is 0. The maximum absolute atomic E-state index is 13.6. The molecule has 0 saturated carbocycles. The van der Waals surface area contributed by atoms with E-state index in [0.717, 1.165) is 12.0 Å².